The summed E-state index contributed by atoms with van der Waals surface area (Å²) in [5, 5.41) is 10.4. The Kier molecular flexibility index (Phi) is 5.03. The zero-order valence-corrected chi connectivity index (χ0v) is 17.2. The van der Waals surface area contributed by atoms with Crippen LogP contribution >= 0.6 is 0 Å². The van der Waals surface area contributed by atoms with Gasteiger partial charge in [0, 0.05) is 37.3 Å². The molecule has 170 valence electrons. The van der Waals surface area contributed by atoms with E-state index in [2.05, 4.69) is 15.4 Å². The summed E-state index contributed by atoms with van der Waals surface area (Å²) in [4.78, 5) is 28.4. The second-order valence-electron chi connectivity index (χ2n) is 8.03. The minimum Gasteiger partial charge on any atom is -0.445 e. The Morgan fingerprint density at radius 3 is 2.64 bits per heavy atom. The summed E-state index contributed by atoms with van der Waals surface area (Å²) in [5.41, 5.74) is 2.52. The second kappa shape index (κ2) is 7.91. The number of amides is 2. The number of carbonyl (C=O) groups is 2. The van der Waals surface area contributed by atoms with Crippen LogP contribution in [0.15, 0.2) is 54.2 Å². The van der Waals surface area contributed by atoms with Crippen molar-refractivity contribution in [3.05, 3.63) is 70.9 Å². The first-order valence-corrected chi connectivity index (χ1v) is 10.2. The lowest BCUT2D eigenvalue weighted by Crippen LogP contribution is -2.33. The first-order chi connectivity index (χ1) is 15.8. The molecule has 33 heavy (non-hydrogen) atoms. The molecule has 11 heteroatoms. The number of fused-ring (bicyclic) bond motifs is 2. The number of halogens is 3. The summed E-state index contributed by atoms with van der Waals surface area (Å²) < 4.78 is 43.2. The van der Waals surface area contributed by atoms with E-state index in [4.69, 9.17) is 4.74 Å². The highest BCUT2D eigenvalue weighted by atomic mass is 19.4. The van der Waals surface area contributed by atoms with Crippen molar-refractivity contribution >= 4 is 23.0 Å². The lowest BCUT2D eigenvalue weighted by molar-refractivity contribution is -0.137. The number of likely N-dealkylation sites (tertiary alicyclic amines) is 1. The molecule has 2 aliphatic heterocycles. The lowest BCUT2D eigenvalue weighted by atomic mass is 10.1. The van der Waals surface area contributed by atoms with Crippen LogP contribution in [0.5, 0.6) is 0 Å². The van der Waals surface area contributed by atoms with Crippen molar-refractivity contribution in [1.29, 1.82) is 0 Å². The molecule has 1 saturated heterocycles. The number of ether oxygens (including phenoxy) is 1. The molecule has 0 saturated carbocycles. The molecule has 0 radical (unpaired) electrons. The van der Waals surface area contributed by atoms with Gasteiger partial charge in [0.05, 0.1) is 11.1 Å². The Morgan fingerprint density at radius 1 is 1.12 bits per heavy atom. The minimum absolute atomic E-state index is 0.0170. The van der Waals surface area contributed by atoms with E-state index in [1.54, 1.807) is 29.3 Å². The molecule has 3 aromatic rings. The largest absolute Gasteiger partial charge is 0.445 e. The number of benzene rings is 2. The van der Waals surface area contributed by atoms with E-state index in [1.165, 1.54) is 17.0 Å². The highest BCUT2D eigenvalue weighted by Crippen LogP contribution is 2.32. The number of H-pyrrole nitrogens is 1. The van der Waals surface area contributed by atoms with E-state index in [1.807, 2.05) is 0 Å². The average Bonchev–Trinajstić information content (AvgIpc) is 3.50. The van der Waals surface area contributed by atoms with Crippen molar-refractivity contribution in [3.63, 3.8) is 0 Å². The minimum atomic E-state index is -4.41. The van der Waals surface area contributed by atoms with E-state index in [9.17, 15) is 22.8 Å². The molecule has 2 amide bonds. The molecular formula is C22H18F3N5O3. The van der Waals surface area contributed by atoms with Crippen molar-refractivity contribution in [2.45, 2.75) is 12.8 Å². The smallest absolute Gasteiger partial charge is 0.416 e. The van der Waals surface area contributed by atoms with Crippen LogP contribution in [0.3, 0.4) is 0 Å². The van der Waals surface area contributed by atoms with E-state index in [0.717, 1.165) is 23.2 Å². The van der Waals surface area contributed by atoms with Crippen molar-refractivity contribution in [2.75, 3.05) is 19.6 Å². The number of carbonyl (C=O) groups excluding carboxylic acids is 2. The van der Waals surface area contributed by atoms with Gasteiger partial charge in [-0.05, 0) is 41.5 Å². The first kappa shape index (κ1) is 21.0. The molecule has 0 aliphatic carbocycles. The third-order valence-corrected chi connectivity index (χ3v) is 5.81. The van der Waals surface area contributed by atoms with Gasteiger partial charge >= 0.3 is 12.3 Å². The van der Waals surface area contributed by atoms with Crippen LogP contribution in [0.4, 0.5) is 18.0 Å². The summed E-state index contributed by atoms with van der Waals surface area (Å²) >= 11 is 0. The van der Waals surface area contributed by atoms with Crippen molar-refractivity contribution < 1.29 is 27.5 Å². The number of nitrogens with zero attached hydrogens (tertiary/aromatic N) is 4. The molecule has 1 N–H and O–H groups in total. The molecule has 8 nitrogen and oxygen atoms in total. The summed E-state index contributed by atoms with van der Waals surface area (Å²) in [5.74, 6) is -0.137. The zero-order valence-electron chi connectivity index (χ0n) is 17.2. The number of rotatable bonds is 3. The molecular weight excluding hydrogens is 439 g/mol. The van der Waals surface area contributed by atoms with Gasteiger partial charge in [0.25, 0.3) is 5.91 Å². The fraction of sp³-hybridized carbons (Fsp3) is 0.273. The maximum Gasteiger partial charge on any atom is 0.416 e. The van der Waals surface area contributed by atoms with Crippen LogP contribution in [-0.4, -0.2) is 56.8 Å². The number of alkyl halides is 3. The monoisotopic (exact) mass is 457 g/mol. The zero-order chi connectivity index (χ0) is 23.2. The Labute approximate surface area is 185 Å². The van der Waals surface area contributed by atoms with Gasteiger partial charge in [-0.2, -0.15) is 13.2 Å². The Morgan fingerprint density at radius 2 is 1.91 bits per heavy atom. The third kappa shape index (κ3) is 4.13. The Bertz CT molecular complexity index is 1250. The van der Waals surface area contributed by atoms with Crippen molar-refractivity contribution in [2.24, 2.45) is 5.92 Å². The van der Waals surface area contributed by atoms with E-state index in [0.29, 0.717) is 36.3 Å². The van der Waals surface area contributed by atoms with Gasteiger partial charge in [-0.25, -0.2) is 4.79 Å². The summed E-state index contributed by atoms with van der Waals surface area (Å²) in [7, 11) is 0. The maximum absolute atomic E-state index is 12.9. The van der Waals surface area contributed by atoms with Crippen LogP contribution in [-0.2, 0) is 17.5 Å². The topological polar surface area (TPSA) is 91.4 Å². The number of aromatic nitrogens is 3. The highest BCUT2D eigenvalue weighted by molar-refractivity contribution is 5.98. The standard InChI is InChI=1S/C22H18F3N5O3/c23-22(24,25)17-4-1-13(2-5-17)12-33-21(32)30-10-15-8-29(9-16(15)11-30)20(31)14-3-6-18-19(7-14)27-28-26-18/h1-8,16H,9-12H2,(H,26,27,28)/t16-/m0/s1. The predicted molar refractivity (Wildman–Crippen MR) is 110 cm³/mol. The van der Waals surface area contributed by atoms with Gasteiger partial charge in [0.1, 0.15) is 12.1 Å². The van der Waals surface area contributed by atoms with Crippen LogP contribution in [0, 0.1) is 5.92 Å². The summed E-state index contributed by atoms with van der Waals surface area (Å²) in [6.07, 6.45) is -3.18. The average molecular weight is 457 g/mol. The molecule has 5 rings (SSSR count). The summed E-state index contributed by atoms with van der Waals surface area (Å²) in [6, 6.07) is 9.64. The first-order valence-electron chi connectivity index (χ1n) is 10.2. The highest BCUT2D eigenvalue weighted by Gasteiger charge is 2.38. The van der Waals surface area contributed by atoms with Gasteiger partial charge in [-0.3, -0.25) is 9.89 Å². The Balaban J connectivity index is 1.17. The SMILES string of the molecule is O=C(c1ccc2[nH]nnc2c1)N1C=C2CN(C(=O)OCc3ccc(C(F)(F)F)cc3)C[C@@H]2C1. The van der Waals surface area contributed by atoms with E-state index in [-0.39, 0.29) is 18.4 Å². The van der Waals surface area contributed by atoms with Crippen molar-refractivity contribution in [1.82, 2.24) is 25.2 Å². The fourth-order valence-corrected chi connectivity index (χ4v) is 4.06. The van der Waals surface area contributed by atoms with E-state index >= 15 is 0 Å². The van der Waals surface area contributed by atoms with Crippen LogP contribution in [0.25, 0.3) is 11.0 Å². The van der Waals surface area contributed by atoms with Gasteiger partial charge in [0.15, 0.2) is 0 Å². The molecule has 1 atom stereocenters. The van der Waals surface area contributed by atoms with E-state index < -0.39 is 17.8 Å². The molecule has 1 fully saturated rings. The molecule has 0 spiro atoms. The van der Waals surface area contributed by atoms with Gasteiger partial charge in [-0.15, -0.1) is 5.10 Å². The van der Waals surface area contributed by atoms with Gasteiger partial charge in [-0.1, -0.05) is 17.3 Å². The molecule has 1 aromatic heterocycles. The third-order valence-electron chi connectivity index (χ3n) is 5.81. The second-order valence-corrected chi connectivity index (χ2v) is 8.03. The van der Waals surface area contributed by atoms with Crippen molar-refractivity contribution in [3.8, 4) is 0 Å². The van der Waals surface area contributed by atoms with Crippen LogP contribution in [0.2, 0.25) is 0 Å². The summed E-state index contributed by atoms with van der Waals surface area (Å²) in [6.45, 7) is 1.08. The molecule has 3 heterocycles. The number of hydrogen-bond donors (Lipinski definition) is 1. The normalized spacial score (nSPS) is 17.9. The van der Waals surface area contributed by atoms with Crippen LogP contribution < -0.4 is 0 Å². The predicted octanol–water partition coefficient (Wildman–Crippen LogP) is 3.59. The van der Waals surface area contributed by atoms with Gasteiger partial charge < -0.3 is 14.5 Å². The molecule has 2 aliphatic rings. The Hall–Kier alpha value is -3.89. The number of aromatic amines is 1. The lowest BCUT2D eigenvalue weighted by Gasteiger charge is -2.19. The molecule has 0 bridgehead atoms. The molecule has 0 unspecified atom stereocenters. The maximum atomic E-state index is 12.9. The fourth-order valence-electron chi connectivity index (χ4n) is 4.06. The van der Waals surface area contributed by atoms with Gasteiger partial charge in [0.2, 0.25) is 0 Å². The molecule has 2 aromatic carbocycles. The number of nitrogens with one attached hydrogen (secondary N) is 1. The van der Waals surface area contributed by atoms with Crippen LogP contribution in [0.1, 0.15) is 21.5 Å². The quantitative estimate of drug-likeness (QED) is 0.649. The number of hydrogen-bond acceptors (Lipinski definition) is 5.